The third-order valence-electron chi connectivity index (χ3n) is 7.89. The second kappa shape index (κ2) is 10.5. The van der Waals surface area contributed by atoms with Crippen LogP contribution in [-0.4, -0.2) is 84.1 Å². The molecule has 5 heterocycles. The maximum atomic E-state index is 6.31. The summed E-state index contributed by atoms with van der Waals surface area (Å²) < 4.78 is 6.10. The quantitative estimate of drug-likeness (QED) is 0.508. The van der Waals surface area contributed by atoms with Gasteiger partial charge in [0.15, 0.2) is 5.82 Å². The Balaban J connectivity index is 1.13. The molecule has 3 N–H and O–H groups in total. The molecule has 2 unspecified atom stereocenters. The van der Waals surface area contributed by atoms with Crippen LogP contribution in [0.15, 0.2) is 48.7 Å². The third kappa shape index (κ3) is 5.06. The number of nitrogens with one attached hydrogen (secondary N) is 1. The molecule has 3 aromatic rings. The standard InChI is InChI=1S/C28H35N8O/c1-20-17-30-11-12-34(20)13-14-37-27-15-22(9-10-31-27)36-23-7-8-24(36)19-35(18-23)26-16-25(32-33-28(26)29)21-5-3-2-4-6-21/h2-5,9-10,15-16,20,23-24,30H,7-8,11-14,17-19H2,1H3,(H2,29,33)/t20-,23?,24?/m1/s1. The molecule has 6 rings (SSSR count). The predicted molar refractivity (Wildman–Crippen MR) is 146 cm³/mol. The van der Waals surface area contributed by atoms with Crippen LogP contribution in [-0.2, 0) is 0 Å². The van der Waals surface area contributed by atoms with Gasteiger partial charge in [0.25, 0.3) is 0 Å². The molecule has 2 aromatic heterocycles. The van der Waals surface area contributed by atoms with Crippen molar-refractivity contribution in [3.63, 3.8) is 0 Å². The summed E-state index contributed by atoms with van der Waals surface area (Å²) in [5.74, 6) is 1.18. The second-order valence-corrected chi connectivity index (χ2v) is 10.3. The summed E-state index contributed by atoms with van der Waals surface area (Å²) in [7, 11) is 0. The normalized spacial score (nSPS) is 23.9. The molecule has 3 aliphatic rings. The lowest BCUT2D eigenvalue weighted by molar-refractivity contribution is 0.142. The van der Waals surface area contributed by atoms with E-state index in [0.717, 1.165) is 69.1 Å². The predicted octanol–water partition coefficient (Wildman–Crippen LogP) is 2.45. The maximum Gasteiger partial charge on any atom is 0.215 e. The van der Waals surface area contributed by atoms with E-state index < -0.39 is 0 Å². The largest absolute Gasteiger partial charge is 0.476 e. The number of rotatable bonds is 7. The van der Waals surface area contributed by atoms with E-state index in [9.17, 15) is 0 Å². The fraction of sp³-hybridized carbons (Fsp3) is 0.464. The molecule has 193 valence electrons. The highest BCUT2D eigenvalue weighted by molar-refractivity contribution is 5.71. The van der Waals surface area contributed by atoms with E-state index in [2.05, 4.69) is 66.4 Å². The number of fused-ring (bicyclic) bond motifs is 2. The van der Waals surface area contributed by atoms with Gasteiger partial charge in [-0.15, -0.1) is 10.2 Å². The number of ether oxygens (including phenoxy) is 1. The fourth-order valence-corrected chi connectivity index (χ4v) is 5.97. The van der Waals surface area contributed by atoms with Gasteiger partial charge in [0, 0.05) is 80.9 Å². The fourth-order valence-electron chi connectivity index (χ4n) is 5.97. The van der Waals surface area contributed by atoms with Gasteiger partial charge in [0.1, 0.15) is 6.61 Å². The zero-order valence-corrected chi connectivity index (χ0v) is 21.4. The van der Waals surface area contributed by atoms with Crippen LogP contribution in [0.25, 0.3) is 11.3 Å². The van der Waals surface area contributed by atoms with Gasteiger partial charge in [-0.05, 0) is 38.0 Å². The van der Waals surface area contributed by atoms with Crippen molar-refractivity contribution in [2.45, 2.75) is 37.9 Å². The van der Waals surface area contributed by atoms with Crippen LogP contribution in [0.5, 0.6) is 5.88 Å². The van der Waals surface area contributed by atoms with E-state index in [1.165, 1.54) is 5.69 Å². The molecular formula is C28H35N8O. The van der Waals surface area contributed by atoms with Crippen LogP contribution in [0.4, 0.5) is 17.2 Å². The SMILES string of the molecule is C[C@@H]1CNCCN1CCOc1cc(N2C3CCC2CN(c2cc(-c4[c]cccc4)nnc2N)C3)ccn1. The minimum absolute atomic E-state index is 0.398. The Labute approximate surface area is 218 Å². The van der Waals surface area contributed by atoms with Crippen LogP contribution >= 0.6 is 0 Å². The maximum absolute atomic E-state index is 6.31. The topological polar surface area (TPSA) is 95.7 Å². The number of nitrogens with zero attached hydrogens (tertiary/aromatic N) is 6. The Hall–Kier alpha value is -3.43. The van der Waals surface area contributed by atoms with Crippen LogP contribution in [0.2, 0.25) is 0 Å². The van der Waals surface area contributed by atoms with Crippen molar-refractivity contribution in [2.75, 3.05) is 61.4 Å². The lowest BCUT2D eigenvalue weighted by Gasteiger charge is -2.43. The average molecular weight is 500 g/mol. The molecule has 0 spiro atoms. The Kier molecular flexibility index (Phi) is 6.80. The molecule has 3 atom stereocenters. The third-order valence-corrected chi connectivity index (χ3v) is 7.89. The van der Waals surface area contributed by atoms with Crippen LogP contribution in [0, 0.1) is 6.07 Å². The molecule has 3 aliphatic heterocycles. The van der Waals surface area contributed by atoms with Gasteiger partial charge in [-0.25, -0.2) is 4.98 Å². The first-order chi connectivity index (χ1) is 18.2. The molecule has 3 saturated heterocycles. The van der Waals surface area contributed by atoms with Crippen molar-refractivity contribution < 1.29 is 4.74 Å². The summed E-state index contributed by atoms with van der Waals surface area (Å²) in [6.07, 6.45) is 4.17. The first-order valence-electron chi connectivity index (χ1n) is 13.3. The van der Waals surface area contributed by atoms with E-state index in [1.54, 1.807) is 0 Å². The summed E-state index contributed by atoms with van der Waals surface area (Å²) in [5.41, 5.74) is 10.2. The summed E-state index contributed by atoms with van der Waals surface area (Å²) in [4.78, 5) is 11.9. The van der Waals surface area contributed by atoms with E-state index in [1.807, 2.05) is 30.5 Å². The van der Waals surface area contributed by atoms with E-state index in [-0.39, 0.29) is 0 Å². The Bertz CT molecular complexity index is 1190. The number of nitrogens with two attached hydrogens (primary N) is 1. The first-order valence-corrected chi connectivity index (χ1v) is 13.3. The number of hydrogen-bond acceptors (Lipinski definition) is 9. The zero-order chi connectivity index (χ0) is 25.2. The van der Waals surface area contributed by atoms with Gasteiger partial charge >= 0.3 is 0 Å². The Morgan fingerprint density at radius 2 is 2.00 bits per heavy atom. The molecule has 9 nitrogen and oxygen atoms in total. The summed E-state index contributed by atoms with van der Waals surface area (Å²) in [6.45, 7) is 8.76. The van der Waals surface area contributed by atoms with Crippen molar-refractivity contribution in [2.24, 2.45) is 0 Å². The molecule has 2 bridgehead atoms. The van der Waals surface area contributed by atoms with Crippen molar-refractivity contribution >= 4 is 17.2 Å². The van der Waals surface area contributed by atoms with E-state index in [0.29, 0.717) is 36.4 Å². The lowest BCUT2D eigenvalue weighted by atomic mass is 10.1. The van der Waals surface area contributed by atoms with Gasteiger partial charge in [-0.2, -0.15) is 0 Å². The molecular weight excluding hydrogens is 464 g/mol. The highest BCUT2D eigenvalue weighted by atomic mass is 16.5. The average Bonchev–Trinajstić information content (AvgIpc) is 3.20. The molecule has 37 heavy (non-hydrogen) atoms. The highest BCUT2D eigenvalue weighted by Gasteiger charge is 2.41. The van der Waals surface area contributed by atoms with Crippen molar-refractivity contribution in [3.05, 3.63) is 54.7 Å². The minimum Gasteiger partial charge on any atom is -0.476 e. The number of piperazine rings is 2. The molecule has 9 heteroatoms. The minimum atomic E-state index is 0.398. The number of anilines is 3. The van der Waals surface area contributed by atoms with Gasteiger partial charge in [0.2, 0.25) is 5.88 Å². The molecule has 0 saturated carbocycles. The highest BCUT2D eigenvalue weighted by Crippen LogP contribution is 2.38. The Morgan fingerprint density at radius 3 is 2.78 bits per heavy atom. The number of nitrogen functional groups attached to an aromatic ring is 1. The van der Waals surface area contributed by atoms with Gasteiger partial charge in [-0.3, -0.25) is 4.90 Å². The van der Waals surface area contributed by atoms with Crippen molar-refractivity contribution in [3.8, 4) is 17.1 Å². The smallest absolute Gasteiger partial charge is 0.215 e. The van der Waals surface area contributed by atoms with Crippen molar-refractivity contribution in [1.29, 1.82) is 0 Å². The van der Waals surface area contributed by atoms with Crippen LogP contribution in [0.1, 0.15) is 19.8 Å². The monoisotopic (exact) mass is 499 g/mol. The summed E-state index contributed by atoms with van der Waals surface area (Å²) in [6, 6.07) is 18.7. The molecule has 0 aliphatic carbocycles. The Morgan fingerprint density at radius 1 is 1.14 bits per heavy atom. The molecule has 0 amide bonds. The zero-order valence-electron chi connectivity index (χ0n) is 21.4. The number of aromatic nitrogens is 3. The van der Waals surface area contributed by atoms with Gasteiger partial charge in [0.05, 0.1) is 11.4 Å². The first kappa shape index (κ1) is 23.9. The summed E-state index contributed by atoms with van der Waals surface area (Å²) >= 11 is 0. The molecule has 1 radical (unpaired) electrons. The van der Waals surface area contributed by atoms with E-state index >= 15 is 0 Å². The molecule has 3 fully saturated rings. The summed E-state index contributed by atoms with van der Waals surface area (Å²) in [5, 5.41) is 12.0. The van der Waals surface area contributed by atoms with Crippen LogP contribution < -0.4 is 25.6 Å². The van der Waals surface area contributed by atoms with E-state index in [4.69, 9.17) is 10.5 Å². The molecule has 1 aromatic carbocycles. The van der Waals surface area contributed by atoms with Gasteiger partial charge < -0.3 is 25.6 Å². The van der Waals surface area contributed by atoms with Crippen LogP contribution in [0.3, 0.4) is 0 Å². The van der Waals surface area contributed by atoms with Gasteiger partial charge in [-0.1, -0.05) is 24.3 Å². The number of pyridine rings is 1. The number of benzene rings is 1. The second-order valence-electron chi connectivity index (χ2n) is 10.3. The van der Waals surface area contributed by atoms with Crippen molar-refractivity contribution in [1.82, 2.24) is 25.4 Å². The number of hydrogen-bond donors (Lipinski definition) is 2. The lowest BCUT2D eigenvalue weighted by Crippen LogP contribution is -2.54.